The average Bonchev–Trinajstić information content (AvgIpc) is 3.40. The van der Waals surface area contributed by atoms with E-state index in [-0.39, 0.29) is 10.8 Å². The zero-order chi connectivity index (χ0) is 25.0. The number of rotatable bonds is 8. The molecule has 3 aromatic rings. The fraction of sp³-hybridized carbons (Fsp3) is 0.391. The highest BCUT2D eigenvalue weighted by Crippen LogP contribution is 2.31. The van der Waals surface area contributed by atoms with Crippen LogP contribution in [-0.4, -0.2) is 78.2 Å². The number of nitrogens with one attached hydrogen (secondary N) is 1. The third-order valence-electron chi connectivity index (χ3n) is 5.98. The molecular formula is C23H29N7O4S. The van der Waals surface area contributed by atoms with E-state index in [1.807, 2.05) is 20.8 Å². The summed E-state index contributed by atoms with van der Waals surface area (Å²) in [7, 11) is -3.72. The predicted molar refractivity (Wildman–Crippen MR) is 131 cm³/mol. The standard InChI is InChI=1S/C23H29N7O4S/c1-4-28(5-2)22-9-7-19(35(32,33)29-10-12-34-13-11-29)15-20(22)25-23(31)18-6-8-21(17(3)14-18)30-16-24-26-27-30/h6-9,14-16H,4-5,10-13H2,1-3H3,(H,25,31). The van der Waals surface area contributed by atoms with Crippen LogP contribution < -0.4 is 10.2 Å². The van der Waals surface area contributed by atoms with E-state index in [0.29, 0.717) is 50.6 Å². The van der Waals surface area contributed by atoms with Gasteiger partial charge in [-0.1, -0.05) is 0 Å². The maximum absolute atomic E-state index is 13.2. The van der Waals surface area contributed by atoms with Gasteiger partial charge in [-0.25, -0.2) is 13.1 Å². The summed E-state index contributed by atoms with van der Waals surface area (Å²) in [6, 6.07) is 10.1. The summed E-state index contributed by atoms with van der Waals surface area (Å²) in [5.74, 6) is -0.342. The first-order valence-electron chi connectivity index (χ1n) is 11.5. The maximum atomic E-state index is 13.2. The Morgan fingerprint density at radius 2 is 1.86 bits per heavy atom. The first-order chi connectivity index (χ1) is 16.8. The minimum atomic E-state index is -3.72. The molecule has 0 radical (unpaired) electrons. The normalized spacial score (nSPS) is 14.6. The zero-order valence-electron chi connectivity index (χ0n) is 20.0. The van der Waals surface area contributed by atoms with E-state index in [4.69, 9.17) is 4.74 Å². The summed E-state index contributed by atoms with van der Waals surface area (Å²) >= 11 is 0. The number of ether oxygens (including phenoxy) is 1. The van der Waals surface area contributed by atoms with Crippen molar-refractivity contribution in [2.24, 2.45) is 0 Å². The van der Waals surface area contributed by atoms with E-state index < -0.39 is 10.0 Å². The van der Waals surface area contributed by atoms with Crippen molar-refractivity contribution in [3.63, 3.8) is 0 Å². The molecule has 0 unspecified atom stereocenters. The number of amides is 1. The third kappa shape index (κ3) is 5.19. The van der Waals surface area contributed by atoms with Crippen molar-refractivity contribution >= 4 is 27.3 Å². The van der Waals surface area contributed by atoms with Crippen molar-refractivity contribution in [2.45, 2.75) is 25.7 Å². The Hall–Kier alpha value is -3.35. The molecular weight excluding hydrogens is 470 g/mol. The van der Waals surface area contributed by atoms with Gasteiger partial charge >= 0.3 is 0 Å². The van der Waals surface area contributed by atoms with Gasteiger partial charge in [0.25, 0.3) is 5.91 Å². The van der Waals surface area contributed by atoms with Crippen molar-refractivity contribution in [3.05, 3.63) is 53.9 Å². The molecule has 1 amide bonds. The average molecular weight is 500 g/mol. The molecule has 186 valence electrons. The van der Waals surface area contributed by atoms with Gasteiger partial charge in [0.1, 0.15) is 6.33 Å². The Morgan fingerprint density at radius 3 is 2.49 bits per heavy atom. The molecule has 1 aliphatic heterocycles. The molecule has 0 atom stereocenters. The van der Waals surface area contributed by atoms with Gasteiger partial charge in [-0.2, -0.15) is 4.31 Å². The van der Waals surface area contributed by atoms with Crippen LogP contribution in [0.4, 0.5) is 11.4 Å². The third-order valence-corrected chi connectivity index (χ3v) is 7.88. The topological polar surface area (TPSA) is 123 Å². The first kappa shape index (κ1) is 24.8. The summed E-state index contributed by atoms with van der Waals surface area (Å²) in [6.07, 6.45) is 1.48. The Bertz CT molecular complexity index is 1290. The van der Waals surface area contributed by atoms with Crippen LogP contribution in [0.25, 0.3) is 5.69 Å². The van der Waals surface area contributed by atoms with Gasteiger partial charge in [-0.3, -0.25) is 4.79 Å². The number of carbonyl (C=O) groups excluding carboxylic acids is 1. The van der Waals surface area contributed by atoms with Crippen LogP contribution in [-0.2, 0) is 14.8 Å². The fourth-order valence-corrected chi connectivity index (χ4v) is 5.51. The van der Waals surface area contributed by atoms with Crippen molar-refractivity contribution in [2.75, 3.05) is 49.6 Å². The molecule has 0 aliphatic carbocycles. The zero-order valence-corrected chi connectivity index (χ0v) is 20.8. The molecule has 11 nitrogen and oxygen atoms in total. The van der Waals surface area contributed by atoms with E-state index in [9.17, 15) is 13.2 Å². The number of carbonyl (C=O) groups is 1. The molecule has 0 bridgehead atoms. The number of hydrogen-bond acceptors (Lipinski definition) is 8. The molecule has 1 fully saturated rings. The van der Waals surface area contributed by atoms with Crippen LogP contribution in [0, 0.1) is 6.92 Å². The Labute approximate surface area is 204 Å². The van der Waals surface area contributed by atoms with Crippen LogP contribution >= 0.6 is 0 Å². The Kier molecular flexibility index (Phi) is 7.43. The van der Waals surface area contributed by atoms with Gasteiger partial charge in [0.2, 0.25) is 10.0 Å². The van der Waals surface area contributed by atoms with E-state index in [1.165, 1.54) is 15.3 Å². The summed E-state index contributed by atoms with van der Waals surface area (Å²) in [5.41, 5.74) is 3.21. The molecule has 35 heavy (non-hydrogen) atoms. The number of tetrazole rings is 1. The molecule has 1 saturated heterocycles. The second kappa shape index (κ2) is 10.5. The molecule has 1 N–H and O–H groups in total. The number of aromatic nitrogens is 4. The molecule has 12 heteroatoms. The van der Waals surface area contributed by atoms with Gasteiger partial charge in [-0.05, 0) is 73.2 Å². The maximum Gasteiger partial charge on any atom is 0.255 e. The van der Waals surface area contributed by atoms with Crippen molar-refractivity contribution < 1.29 is 17.9 Å². The van der Waals surface area contributed by atoms with Crippen LogP contribution in [0.15, 0.2) is 47.6 Å². The molecule has 2 aromatic carbocycles. The molecule has 4 rings (SSSR count). The molecule has 1 aromatic heterocycles. The Balaban J connectivity index is 1.67. The Morgan fingerprint density at radius 1 is 1.11 bits per heavy atom. The molecule has 2 heterocycles. The smallest absolute Gasteiger partial charge is 0.255 e. The van der Waals surface area contributed by atoms with Crippen molar-refractivity contribution in [1.29, 1.82) is 0 Å². The van der Waals surface area contributed by atoms with Crippen LogP contribution in [0.5, 0.6) is 0 Å². The quantitative estimate of drug-likeness (QED) is 0.500. The van der Waals surface area contributed by atoms with Gasteiger partial charge < -0.3 is 15.0 Å². The molecule has 0 spiro atoms. The van der Waals surface area contributed by atoms with Crippen LogP contribution in [0.2, 0.25) is 0 Å². The number of hydrogen-bond donors (Lipinski definition) is 1. The van der Waals surface area contributed by atoms with Gasteiger partial charge in [-0.15, -0.1) is 5.10 Å². The monoisotopic (exact) mass is 499 g/mol. The highest BCUT2D eigenvalue weighted by molar-refractivity contribution is 7.89. The highest BCUT2D eigenvalue weighted by Gasteiger charge is 2.27. The lowest BCUT2D eigenvalue weighted by atomic mass is 10.1. The summed E-state index contributed by atoms with van der Waals surface area (Å²) < 4.78 is 34.7. The lowest BCUT2D eigenvalue weighted by Gasteiger charge is -2.28. The summed E-state index contributed by atoms with van der Waals surface area (Å²) in [4.78, 5) is 15.4. The largest absolute Gasteiger partial charge is 0.379 e. The number of morpholine rings is 1. The highest BCUT2D eigenvalue weighted by atomic mass is 32.2. The van der Waals surface area contributed by atoms with Crippen molar-refractivity contribution in [1.82, 2.24) is 24.5 Å². The van der Waals surface area contributed by atoms with Gasteiger partial charge in [0.15, 0.2) is 0 Å². The van der Waals surface area contributed by atoms with E-state index in [2.05, 4.69) is 25.7 Å². The number of benzene rings is 2. The second-order valence-corrected chi connectivity index (χ2v) is 10.0. The number of anilines is 2. The minimum Gasteiger partial charge on any atom is -0.379 e. The SMILES string of the molecule is CCN(CC)c1ccc(S(=O)(=O)N2CCOCC2)cc1NC(=O)c1ccc(-n2cnnn2)c(C)c1. The number of nitrogens with zero attached hydrogens (tertiary/aromatic N) is 6. The molecule has 1 aliphatic rings. The summed E-state index contributed by atoms with van der Waals surface area (Å²) in [6.45, 7) is 8.61. The lowest BCUT2D eigenvalue weighted by Crippen LogP contribution is -2.40. The van der Waals surface area contributed by atoms with Gasteiger partial charge in [0.05, 0.1) is 35.2 Å². The van der Waals surface area contributed by atoms with Crippen LogP contribution in [0.3, 0.4) is 0 Å². The predicted octanol–water partition coefficient (Wildman–Crippen LogP) is 2.09. The first-order valence-corrected chi connectivity index (χ1v) is 12.9. The van der Waals surface area contributed by atoms with E-state index >= 15 is 0 Å². The van der Waals surface area contributed by atoms with E-state index in [1.54, 1.807) is 36.4 Å². The van der Waals surface area contributed by atoms with Crippen LogP contribution in [0.1, 0.15) is 29.8 Å². The number of aryl methyl sites for hydroxylation is 1. The fourth-order valence-electron chi connectivity index (χ4n) is 4.07. The second-order valence-electron chi connectivity index (χ2n) is 8.08. The van der Waals surface area contributed by atoms with Crippen molar-refractivity contribution in [3.8, 4) is 5.69 Å². The molecule has 0 saturated carbocycles. The summed E-state index contributed by atoms with van der Waals surface area (Å²) in [5, 5.41) is 14.1. The van der Waals surface area contributed by atoms with E-state index in [0.717, 1.165) is 16.9 Å². The number of sulfonamides is 1. The lowest BCUT2D eigenvalue weighted by molar-refractivity contribution is 0.0730. The van der Waals surface area contributed by atoms with Gasteiger partial charge in [0, 0.05) is 31.7 Å². The minimum absolute atomic E-state index is 0.135.